The minimum absolute atomic E-state index is 0.311. The molecule has 0 bridgehead atoms. The van der Waals surface area contributed by atoms with Crippen LogP contribution in [0.1, 0.15) is 40.2 Å². The highest BCUT2D eigenvalue weighted by atomic mass is 16.5. The Morgan fingerprint density at radius 3 is 2.44 bits per heavy atom. The summed E-state index contributed by atoms with van der Waals surface area (Å²) in [7, 11) is 1.67. The van der Waals surface area contributed by atoms with Crippen molar-refractivity contribution >= 4 is 35.0 Å². The van der Waals surface area contributed by atoms with E-state index in [1.165, 1.54) is 11.8 Å². The minimum Gasteiger partial charge on any atom is -0.496 e. The van der Waals surface area contributed by atoms with Gasteiger partial charge in [0.05, 0.1) is 12.7 Å². The third-order valence-electron chi connectivity index (χ3n) is 7.25. The molecule has 0 spiro atoms. The van der Waals surface area contributed by atoms with Crippen LogP contribution in [-0.2, 0) is 0 Å². The van der Waals surface area contributed by atoms with Gasteiger partial charge in [-0.1, -0.05) is 42.5 Å². The van der Waals surface area contributed by atoms with Gasteiger partial charge in [-0.2, -0.15) is 0 Å². The van der Waals surface area contributed by atoms with Gasteiger partial charge in [0, 0.05) is 29.2 Å². The maximum Gasteiger partial charge on any atom is 0.281 e. The zero-order valence-corrected chi connectivity index (χ0v) is 21.8. The van der Waals surface area contributed by atoms with Crippen LogP contribution in [0, 0.1) is 0 Å². The number of amides is 1. The number of benzene rings is 3. The summed E-state index contributed by atoms with van der Waals surface area (Å²) < 4.78 is 5.69. The maximum absolute atomic E-state index is 12.7. The summed E-state index contributed by atoms with van der Waals surface area (Å²) in [5.74, 6) is 2.10. The van der Waals surface area contributed by atoms with Gasteiger partial charge < -0.3 is 20.7 Å². The van der Waals surface area contributed by atoms with Crippen LogP contribution in [0.5, 0.6) is 5.75 Å². The van der Waals surface area contributed by atoms with Crippen LogP contribution in [0.2, 0.25) is 0 Å². The topological polar surface area (TPSA) is 89.4 Å². The van der Waals surface area contributed by atoms with Crippen molar-refractivity contribution in [1.82, 2.24) is 15.6 Å². The lowest BCUT2D eigenvalue weighted by molar-refractivity contribution is 0.0965. The molecule has 3 N–H and O–H groups in total. The number of hydrogen-bond acceptors (Lipinski definition) is 6. The monoisotopic (exact) mass is 516 g/mol. The molecular weight excluding hydrogens is 486 g/mol. The fourth-order valence-electron chi connectivity index (χ4n) is 5.23. The van der Waals surface area contributed by atoms with E-state index in [9.17, 15) is 4.79 Å². The number of aromatic nitrogens is 1. The molecule has 0 saturated carbocycles. The minimum atomic E-state index is -0.311. The molecule has 7 heteroatoms. The summed E-state index contributed by atoms with van der Waals surface area (Å²) in [5.41, 5.74) is 6.35. The lowest BCUT2D eigenvalue weighted by Gasteiger charge is -2.23. The number of rotatable bonds is 7. The number of anilines is 4. The van der Waals surface area contributed by atoms with Crippen LogP contribution in [-0.4, -0.2) is 31.1 Å². The molecule has 1 aromatic heterocycles. The lowest BCUT2D eigenvalue weighted by Crippen LogP contribution is -2.26. The zero-order chi connectivity index (χ0) is 26.6. The van der Waals surface area contributed by atoms with Gasteiger partial charge in [-0.05, 0) is 84.9 Å². The molecule has 0 atom stereocenters. The van der Waals surface area contributed by atoms with Crippen molar-refractivity contribution in [3.8, 4) is 16.9 Å². The molecule has 7 nitrogen and oxygen atoms in total. The summed E-state index contributed by atoms with van der Waals surface area (Å²) in [4.78, 5) is 17.5. The van der Waals surface area contributed by atoms with Gasteiger partial charge in [-0.15, -0.1) is 0 Å². The Labute approximate surface area is 228 Å². The molecule has 2 aliphatic rings. The van der Waals surface area contributed by atoms with E-state index in [1.54, 1.807) is 7.11 Å². The van der Waals surface area contributed by atoms with Gasteiger partial charge in [0.15, 0.2) is 0 Å². The number of ether oxygens (including phenoxy) is 1. The Kier molecular flexibility index (Phi) is 6.97. The first-order chi connectivity index (χ1) is 19.2. The number of methoxy groups -OCH3 is 1. The van der Waals surface area contributed by atoms with Gasteiger partial charge in [-0.25, -0.2) is 10.3 Å². The highest BCUT2D eigenvalue weighted by Crippen LogP contribution is 2.35. The Hall–Kier alpha value is -4.62. The van der Waals surface area contributed by atoms with E-state index in [2.05, 4.69) is 57.7 Å². The first-order valence-electron chi connectivity index (χ1n) is 13.2. The van der Waals surface area contributed by atoms with E-state index < -0.39 is 0 Å². The van der Waals surface area contributed by atoms with Crippen molar-refractivity contribution in [3.63, 3.8) is 0 Å². The highest BCUT2D eigenvalue weighted by Gasteiger charge is 2.22. The van der Waals surface area contributed by atoms with Crippen molar-refractivity contribution in [2.45, 2.75) is 18.8 Å². The van der Waals surface area contributed by atoms with Crippen LogP contribution in [0.25, 0.3) is 17.2 Å². The number of carbonyl (C=O) groups excluding carboxylic acids is 1. The molecule has 3 aromatic carbocycles. The average Bonchev–Trinajstić information content (AvgIpc) is 2.98. The molecule has 1 radical (unpaired) electrons. The Morgan fingerprint density at radius 2 is 1.67 bits per heavy atom. The van der Waals surface area contributed by atoms with E-state index in [0.29, 0.717) is 23.1 Å². The molecular formula is C32H30N5O2. The quantitative estimate of drug-likeness (QED) is 0.262. The summed E-state index contributed by atoms with van der Waals surface area (Å²) in [6.45, 7) is 2.11. The molecule has 0 aliphatic carbocycles. The van der Waals surface area contributed by atoms with Crippen LogP contribution >= 0.6 is 0 Å². The van der Waals surface area contributed by atoms with Crippen molar-refractivity contribution in [2.24, 2.45) is 0 Å². The number of nitrogens with one attached hydrogen (secondary N) is 3. The van der Waals surface area contributed by atoms with Crippen molar-refractivity contribution in [1.29, 1.82) is 0 Å². The summed E-state index contributed by atoms with van der Waals surface area (Å²) in [6, 6.07) is 26.4. The molecule has 2 aliphatic heterocycles. The maximum atomic E-state index is 12.7. The van der Waals surface area contributed by atoms with Gasteiger partial charge in [-0.3, -0.25) is 4.79 Å². The third kappa shape index (κ3) is 5.35. The highest BCUT2D eigenvalue weighted by molar-refractivity contribution is 6.05. The number of fused-ring (bicyclic) bond motifs is 1. The molecule has 0 unspecified atom stereocenters. The first-order valence-corrected chi connectivity index (χ1v) is 13.2. The predicted octanol–water partition coefficient (Wildman–Crippen LogP) is 6.44. The number of pyridine rings is 1. The van der Waals surface area contributed by atoms with Gasteiger partial charge in [0.2, 0.25) is 0 Å². The predicted molar refractivity (Wildman–Crippen MR) is 156 cm³/mol. The van der Waals surface area contributed by atoms with Crippen molar-refractivity contribution in [3.05, 3.63) is 102 Å². The molecule has 1 amide bonds. The zero-order valence-electron chi connectivity index (χ0n) is 21.8. The van der Waals surface area contributed by atoms with E-state index in [4.69, 9.17) is 9.72 Å². The Balaban J connectivity index is 1.29. The SMILES string of the molecule is COc1cc(Nc2cc3c(c(Nc4ccc(C5CCNCC5)cc4)n2)C(=O)[N]C=C3)ccc1-c1ccccc1. The van der Waals surface area contributed by atoms with Crippen molar-refractivity contribution < 1.29 is 9.53 Å². The molecule has 6 rings (SSSR count). The molecule has 4 aromatic rings. The van der Waals surface area contributed by atoms with Crippen LogP contribution in [0.15, 0.2) is 85.1 Å². The molecule has 195 valence electrons. The third-order valence-corrected chi connectivity index (χ3v) is 7.25. The van der Waals surface area contributed by atoms with E-state index in [0.717, 1.165) is 59.7 Å². The van der Waals surface area contributed by atoms with E-state index in [1.807, 2.05) is 48.5 Å². The fourth-order valence-corrected chi connectivity index (χ4v) is 5.23. The fraction of sp³-hybridized carbons (Fsp3) is 0.188. The second kappa shape index (κ2) is 11.0. The first kappa shape index (κ1) is 24.7. The molecule has 1 fully saturated rings. The number of hydrogen-bond donors (Lipinski definition) is 3. The van der Waals surface area contributed by atoms with E-state index >= 15 is 0 Å². The molecule has 3 heterocycles. The van der Waals surface area contributed by atoms with E-state index in [-0.39, 0.29) is 5.91 Å². The number of nitrogens with zero attached hydrogens (tertiary/aromatic N) is 2. The smallest absolute Gasteiger partial charge is 0.281 e. The average molecular weight is 517 g/mol. The normalized spacial score (nSPS) is 14.8. The largest absolute Gasteiger partial charge is 0.496 e. The molecule has 39 heavy (non-hydrogen) atoms. The second-order valence-corrected chi connectivity index (χ2v) is 9.75. The molecule has 1 saturated heterocycles. The van der Waals surface area contributed by atoms with Crippen LogP contribution < -0.4 is 26.0 Å². The van der Waals surface area contributed by atoms with Crippen LogP contribution in [0.4, 0.5) is 23.0 Å². The van der Waals surface area contributed by atoms with Gasteiger partial charge in [0.25, 0.3) is 5.91 Å². The van der Waals surface area contributed by atoms with Gasteiger partial charge in [0.1, 0.15) is 17.4 Å². The van der Waals surface area contributed by atoms with Gasteiger partial charge >= 0.3 is 0 Å². The second-order valence-electron chi connectivity index (χ2n) is 9.75. The number of piperidine rings is 1. The number of carbonyl (C=O) groups is 1. The Bertz CT molecular complexity index is 1510. The van der Waals surface area contributed by atoms with Crippen molar-refractivity contribution in [2.75, 3.05) is 30.8 Å². The summed E-state index contributed by atoms with van der Waals surface area (Å²) >= 11 is 0. The standard InChI is InChI=1S/C32H30N5O2/c1-39-28-20-26(11-12-27(28)23-5-3-2-4-6-23)35-29-19-24-15-18-34-32(38)30(24)31(37-29)36-25-9-7-21(8-10-25)22-13-16-33-17-14-22/h2-12,15,18-20,22,33H,13-14,16-17H2,1H3,(H2,35,36,37). The summed E-state index contributed by atoms with van der Waals surface area (Å²) in [6.07, 6.45) is 5.65. The van der Waals surface area contributed by atoms with Crippen LogP contribution in [0.3, 0.4) is 0 Å². The summed E-state index contributed by atoms with van der Waals surface area (Å²) in [5, 5.41) is 14.2. The Morgan fingerprint density at radius 1 is 0.897 bits per heavy atom. The lowest BCUT2D eigenvalue weighted by atomic mass is 9.90.